The molecular formula is C14H18N2OS. The highest BCUT2D eigenvalue weighted by molar-refractivity contribution is 7.18. The summed E-state index contributed by atoms with van der Waals surface area (Å²) in [6.07, 6.45) is 5.86. The van der Waals surface area contributed by atoms with Crippen LogP contribution in [0, 0.1) is 0 Å². The van der Waals surface area contributed by atoms with Gasteiger partial charge in [0.1, 0.15) is 10.8 Å². The molecule has 2 N–H and O–H groups in total. The van der Waals surface area contributed by atoms with Crippen LogP contribution >= 0.6 is 11.3 Å². The zero-order valence-corrected chi connectivity index (χ0v) is 11.4. The molecule has 0 amide bonds. The zero-order valence-electron chi connectivity index (χ0n) is 10.6. The molecule has 2 aromatic rings. The Bertz CT molecular complexity index is 558. The van der Waals surface area contributed by atoms with Crippen molar-refractivity contribution in [2.45, 2.75) is 37.6 Å². The van der Waals surface area contributed by atoms with Gasteiger partial charge in [0.05, 0.1) is 22.9 Å². The van der Waals surface area contributed by atoms with E-state index in [1.807, 2.05) is 18.2 Å². The van der Waals surface area contributed by atoms with E-state index in [9.17, 15) is 0 Å². The maximum atomic E-state index is 6.53. The number of fused-ring (bicyclic) bond motifs is 1. The average Bonchev–Trinajstić information content (AvgIpc) is 2.83. The first-order valence-corrected chi connectivity index (χ1v) is 7.27. The number of rotatable bonds is 2. The van der Waals surface area contributed by atoms with E-state index >= 15 is 0 Å². The lowest BCUT2D eigenvalue weighted by Crippen LogP contribution is -2.38. The maximum absolute atomic E-state index is 6.53. The van der Waals surface area contributed by atoms with Crippen LogP contribution in [0.3, 0.4) is 0 Å². The summed E-state index contributed by atoms with van der Waals surface area (Å²) in [7, 11) is 1.69. The molecule has 0 aliphatic heterocycles. The monoisotopic (exact) mass is 262 g/mol. The molecule has 1 aliphatic rings. The third-order valence-corrected chi connectivity index (χ3v) is 5.01. The van der Waals surface area contributed by atoms with Gasteiger partial charge in [0.15, 0.2) is 0 Å². The number of aromatic nitrogens is 1. The molecule has 1 aromatic heterocycles. The number of benzene rings is 1. The van der Waals surface area contributed by atoms with Crippen LogP contribution in [0.25, 0.3) is 10.2 Å². The topological polar surface area (TPSA) is 48.1 Å². The van der Waals surface area contributed by atoms with Crippen molar-refractivity contribution >= 4 is 21.6 Å². The van der Waals surface area contributed by atoms with Crippen LogP contribution in [0.2, 0.25) is 0 Å². The van der Waals surface area contributed by atoms with E-state index in [4.69, 9.17) is 15.5 Å². The van der Waals surface area contributed by atoms with E-state index in [0.717, 1.165) is 29.1 Å². The van der Waals surface area contributed by atoms with E-state index in [1.165, 1.54) is 24.0 Å². The summed E-state index contributed by atoms with van der Waals surface area (Å²) in [5.41, 5.74) is 7.37. The van der Waals surface area contributed by atoms with Crippen LogP contribution in [0.5, 0.6) is 5.75 Å². The summed E-state index contributed by atoms with van der Waals surface area (Å²) in [5, 5.41) is 1.09. The van der Waals surface area contributed by atoms with Crippen LogP contribution in [-0.2, 0) is 5.54 Å². The Morgan fingerprint density at radius 1 is 1.28 bits per heavy atom. The Hall–Kier alpha value is -1.13. The number of ether oxygens (including phenoxy) is 1. The summed E-state index contributed by atoms with van der Waals surface area (Å²) < 4.78 is 6.42. The minimum Gasteiger partial charge on any atom is -0.497 e. The Morgan fingerprint density at radius 3 is 2.78 bits per heavy atom. The van der Waals surface area contributed by atoms with Gasteiger partial charge in [0.25, 0.3) is 0 Å². The van der Waals surface area contributed by atoms with Gasteiger partial charge in [0, 0.05) is 0 Å². The molecule has 1 aliphatic carbocycles. The average molecular weight is 262 g/mol. The molecule has 0 radical (unpaired) electrons. The van der Waals surface area contributed by atoms with E-state index in [2.05, 4.69) is 0 Å². The molecule has 4 heteroatoms. The van der Waals surface area contributed by atoms with Crippen molar-refractivity contribution in [2.24, 2.45) is 5.73 Å². The fourth-order valence-corrected chi connectivity index (χ4v) is 3.79. The first-order valence-electron chi connectivity index (χ1n) is 6.45. The summed E-state index contributed by atoms with van der Waals surface area (Å²) >= 11 is 1.72. The van der Waals surface area contributed by atoms with Crippen molar-refractivity contribution in [1.82, 2.24) is 4.98 Å². The van der Waals surface area contributed by atoms with Crippen molar-refractivity contribution in [3.63, 3.8) is 0 Å². The Morgan fingerprint density at radius 2 is 2.06 bits per heavy atom. The first-order chi connectivity index (χ1) is 8.71. The number of hydrogen-bond acceptors (Lipinski definition) is 4. The van der Waals surface area contributed by atoms with Crippen molar-refractivity contribution in [1.29, 1.82) is 0 Å². The predicted octanol–water partition coefficient (Wildman–Crippen LogP) is 3.42. The van der Waals surface area contributed by atoms with E-state index < -0.39 is 0 Å². The SMILES string of the molecule is COc1ccc2nc(C3(N)CCCCC3)sc2c1. The molecule has 0 atom stereocenters. The van der Waals surface area contributed by atoms with Crippen LogP contribution in [-0.4, -0.2) is 12.1 Å². The van der Waals surface area contributed by atoms with Gasteiger partial charge in [-0.2, -0.15) is 0 Å². The Balaban J connectivity index is 2.02. The highest BCUT2D eigenvalue weighted by Crippen LogP contribution is 2.39. The van der Waals surface area contributed by atoms with Crippen LogP contribution in [0.15, 0.2) is 18.2 Å². The number of thiazole rings is 1. The Labute approximate surface area is 111 Å². The van der Waals surface area contributed by atoms with Gasteiger partial charge in [-0.3, -0.25) is 0 Å². The molecule has 96 valence electrons. The van der Waals surface area contributed by atoms with E-state index in [1.54, 1.807) is 18.4 Å². The molecule has 1 fully saturated rings. The van der Waals surface area contributed by atoms with Gasteiger partial charge in [-0.05, 0) is 31.0 Å². The largest absolute Gasteiger partial charge is 0.497 e. The third kappa shape index (κ3) is 1.99. The molecule has 0 bridgehead atoms. The minimum atomic E-state index is -0.199. The molecule has 1 aromatic carbocycles. The van der Waals surface area contributed by atoms with Gasteiger partial charge in [-0.1, -0.05) is 19.3 Å². The van der Waals surface area contributed by atoms with Gasteiger partial charge < -0.3 is 10.5 Å². The van der Waals surface area contributed by atoms with E-state index in [-0.39, 0.29) is 5.54 Å². The second-order valence-electron chi connectivity index (χ2n) is 5.07. The summed E-state index contributed by atoms with van der Waals surface area (Å²) in [5.74, 6) is 0.882. The highest BCUT2D eigenvalue weighted by atomic mass is 32.1. The van der Waals surface area contributed by atoms with Gasteiger partial charge in [-0.25, -0.2) is 4.98 Å². The molecular weight excluding hydrogens is 244 g/mol. The molecule has 3 nitrogen and oxygen atoms in total. The lowest BCUT2D eigenvalue weighted by atomic mass is 9.83. The molecule has 0 spiro atoms. The van der Waals surface area contributed by atoms with E-state index in [0.29, 0.717) is 0 Å². The first kappa shape index (κ1) is 11.9. The van der Waals surface area contributed by atoms with Gasteiger partial charge in [0.2, 0.25) is 0 Å². The van der Waals surface area contributed by atoms with Crippen LogP contribution < -0.4 is 10.5 Å². The molecule has 18 heavy (non-hydrogen) atoms. The normalized spacial score (nSPS) is 19.0. The van der Waals surface area contributed by atoms with Crippen LogP contribution in [0.1, 0.15) is 37.1 Å². The zero-order chi connectivity index (χ0) is 12.6. The fourth-order valence-electron chi connectivity index (χ4n) is 2.64. The minimum absolute atomic E-state index is 0.199. The fraction of sp³-hybridized carbons (Fsp3) is 0.500. The molecule has 1 heterocycles. The van der Waals surface area contributed by atoms with Gasteiger partial charge >= 0.3 is 0 Å². The quantitative estimate of drug-likeness (QED) is 0.902. The standard InChI is InChI=1S/C14H18N2OS/c1-17-10-5-6-11-12(9-10)18-13(16-11)14(15)7-3-2-4-8-14/h5-6,9H,2-4,7-8,15H2,1H3. The molecule has 1 saturated carbocycles. The summed E-state index contributed by atoms with van der Waals surface area (Å²) in [6, 6.07) is 6.01. The number of hydrogen-bond donors (Lipinski definition) is 1. The lowest BCUT2D eigenvalue weighted by molar-refractivity contribution is 0.302. The molecule has 3 rings (SSSR count). The predicted molar refractivity (Wildman–Crippen MR) is 75.1 cm³/mol. The van der Waals surface area contributed by atoms with Gasteiger partial charge in [-0.15, -0.1) is 11.3 Å². The Kier molecular flexibility index (Phi) is 2.99. The number of methoxy groups -OCH3 is 1. The molecule has 0 saturated heterocycles. The maximum Gasteiger partial charge on any atom is 0.120 e. The van der Waals surface area contributed by atoms with Crippen LogP contribution in [0.4, 0.5) is 0 Å². The van der Waals surface area contributed by atoms with Crippen molar-refractivity contribution < 1.29 is 4.74 Å². The smallest absolute Gasteiger partial charge is 0.120 e. The second kappa shape index (κ2) is 4.52. The van der Waals surface area contributed by atoms with Crippen molar-refractivity contribution in [3.8, 4) is 5.75 Å². The lowest BCUT2D eigenvalue weighted by Gasteiger charge is -2.31. The van der Waals surface area contributed by atoms with Crippen molar-refractivity contribution in [3.05, 3.63) is 23.2 Å². The summed E-state index contributed by atoms with van der Waals surface area (Å²) in [4.78, 5) is 4.72. The third-order valence-electron chi connectivity index (χ3n) is 3.77. The molecule has 0 unspecified atom stereocenters. The summed E-state index contributed by atoms with van der Waals surface area (Å²) in [6.45, 7) is 0. The van der Waals surface area contributed by atoms with Crippen molar-refractivity contribution in [2.75, 3.05) is 7.11 Å². The number of nitrogens with two attached hydrogens (primary N) is 1. The highest BCUT2D eigenvalue weighted by Gasteiger charge is 2.32. The second-order valence-corrected chi connectivity index (χ2v) is 6.10. The number of nitrogens with zero attached hydrogens (tertiary/aromatic N) is 1.